The number of hydrogen-bond donors (Lipinski definition) is 1. The molecule has 2 rings (SSSR count). The number of Topliss-reactive ketones (excluding diaryl/α,β-unsaturated/α-hetero) is 3. The fraction of sp³-hybridized carbons (Fsp3) is 0.333. The van der Waals surface area contributed by atoms with E-state index in [4.69, 9.17) is 0 Å². The molecule has 1 amide bonds. The van der Waals surface area contributed by atoms with Crippen LogP contribution in [-0.2, 0) is 9.59 Å². The van der Waals surface area contributed by atoms with Crippen LogP contribution in [0, 0.1) is 5.92 Å². The molecule has 1 aromatic rings. The highest BCUT2D eigenvalue weighted by Gasteiger charge is 2.45. The van der Waals surface area contributed by atoms with Crippen molar-refractivity contribution in [1.29, 1.82) is 0 Å². The maximum Gasteiger partial charge on any atom is 0.221 e. The van der Waals surface area contributed by atoms with E-state index in [2.05, 4.69) is 5.32 Å². The van der Waals surface area contributed by atoms with Crippen molar-refractivity contribution in [2.24, 2.45) is 5.92 Å². The van der Waals surface area contributed by atoms with Crippen LogP contribution in [0.25, 0.3) is 0 Å². The van der Waals surface area contributed by atoms with Crippen LogP contribution in [0.3, 0.4) is 0 Å². The molecule has 0 saturated heterocycles. The zero-order valence-corrected chi connectivity index (χ0v) is 15.9. The van der Waals surface area contributed by atoms with Gasteiger partial charge >= 0.3 is 0 Å². The second kappa shape index (κ2) is 9.61. The van der Waals surface area contributed by atoms with Gasteiger partial charge in [-0.15, -0.1) is 0 Å². The Kier molecular flexibility index (Phi) is 7.84. The van der Waals surface area contributed by atoms with Crippen LogP contribution < -0.4 is 5.32 Å². The predicted octanol–water partition coefficient (Wildman–Crippen LogP) is 4.15. The van der Waals surface area contributed by atoms with Crippen LogP contribution in [0.15, 0.2) is 42.0 Å². The van der Waals surface area contributed by atoms with Gasteiger partial charge in [0.2, 0.25) is 5.91 Å². The highest BCUT2D eigenvalue weighted by Crippen LogP contribution is 2.34. The highest BCUT2D eigenvalue weighted by atomic mass is 16.2. The van der Waals surface area contributed by atoms with Crippen molar-refractivity contribution in [3.05, 3.63) is 53.1 Å². The first-order valence-electron chi connectivity index (χ1n) is 8.78. The van der Waals surface area contributed by atoms with Gasteiger partial charge in [0.05, 0.1) is 11.3 Å². The molecule has 1 aromatic carbocycles. The normalized spacial score (nSPS) is 16.2. The Morgan fingerprint density at radius 2 is 1.81 bits per heavy atom. The van der Waals surface area contributed by atoms with E-state index in [0.29, 0.717) is 5.57 Å². The molecule has 0 radical (unpaired) electrons. The third-order valence-electron chi connectivity index (χ3n) is 3.80. The lowest BCUT2D eigenvalue weighted by Crippen LogP contribution is -2.26. The standard InChI is InChI=1S/C19H19NO4.C2H6/c1-4-6-8-12(5-2)17(22)16-18(23)13-9-7-10-14(20-11(3)21)15(13)19(16)24;1-2/h5-10,16H,4H2,1-3H3,(H,20,21);1-2H3/b8-6-,12-5+;. The van der Waals surface area contributed by atoms with Crippen LogP contribution in [0.1, 0.15) is 61.8 Å². The summed E-state index contributed by atoms with van der Waals surface area (Å²) < 4.78 is 0. The van der Waals surface area contributed by atoms with E-state index in [-0.39, 0.29) is 22.7 Å². The first-order valence-corrected chi connectivity index (χ1v) is 8.78. The molecule has 0 heterocycles. The smallest absolute Gasteiger partial charge is 0.221 e. The Morgan fingerprint density at radius 3 is 2.35 bits per heavy atom. The first-order chi connectivity index (χ1) is 12.4. The Morgan fingerprint density at radius 1 is 1.15 bits per heavy atom. The number of anilines is 1. The van der Waals surface area contributed by atoms with E-state index >= 15 is 0 Å². The van der Waals surface area contributed by atoms with Crippen molar-refractivity contribution < 1.29 is 19.2 Å². The van der Waals surface area contributed by atoms with Gasteiger partial charge in [0.25, 0.3) is 0 Å². The molecule has 0 aromatic heterocycles. The van der Waals surface area contributed by atoms with Crippen LogP contribution in [-0.4, -0.2) is 23.3 Å². The van der Waals surface area contributed by atoms with Gasteiger partial charge in [0, 0.05) is 18.1 Å². The molecular weight excluding hydrogens is 330 g/mol. The third-order valence-corrected chi connectivity index (χ3v) is 3.80. The maximum absolute atomic E-state index is 12.7. The predicted molar refractivity (Wildman–Crippen MR) is 102 cm³/mol. The summed E-state index contributed by atoms with van der Waals surface area (Å²) in [6.45, 7) is 8.93. The summed E-state index contributed by atoms with van der Waals surface area (Å²) in [5.74, 6) is -3.31. The Labute approximate surface area is 154 Å². The molecule has 0 spiro atoms. The topological polar surface area (TPSA) is 80.3 Å². The lowest BCUT2D eigenvalue weighted by molar-refractivity contribution is -0.116. The number of hydrogen-bond acceptors (Lipinski definition) is 4. The van der Waals surface area contributed by atoms with Crippen LogP contribution in [0.5, 0.6) is 0 Å². The van der Waals surface area contributed by atoms with Gasteiger partial charge in [0.1, 0.15) is 5.92 Å². The van der Waals surface area contributed by atoms with Crippen molar-refractivity contribution in [1.82, 2.24) is 0 Å². The van der Waals surface area contributed by atoms with Gasteiger partial charge in [-0.3, -0.25) is 19.2 Å². The second-order valence-electron chi connectivity index (χ2n) is 5.49. The van der Waals surface area contributed by atoms with Gasteiger partial charge < -0.3 is 5.32 Å². The minimum atomic E-state index is -1.37. The molecule has 0 fully saturated rings. The summed E-state index contributed by atoms with van der Waals surface area (Å²) in [6.07, 6.45) is 5.75. The summed E-state index contributed by atoms with van der Waals surface area (Å²) in [7, 11) is 0. The molecular formula is C21H25NO4. The molecule has 0 aliphatic heterocycles. The van der Waals surface area contributed by atoms with Crippen molar-refractivity contribution in [3.63, 3.8) is 0 Å². The quantitative estimate of drug-likeness (QED) is 0.489. The number of allylic oxidation sites excluding steroid dienone is 4. The van der Waals surface area contributed by atoms with Gasteiger partial charge in [-0.2, -0.15) is 0 Å². The van der Waals surface area contributed by atoms with Crippen molar-refractivity contribution in [2.75, 3.05) is 5.32 Å². The van der Waals surface area contributed by atoms with Crippen LogP contribution in [0.2, 0.25) is 0 Å². The maximum atomic E-state index is 12.7. The largest absolute Gasteiger partial charge is 0.326 e. The van der Waals surface area contributed by atoms with Crippen LogP contribution >= 0.6 is 0 Å². The molecule has 0 saturated carbocycles. The number of carbonyl (C=O) groups excluding carboxylic acids is 4. The monoisotopic (exact) mass is 355 g/mol. The van der Waals surface area contributed by atoms with Crippen LogP contribution in [0.4, 0.5) is 5.69 Å². The molecule has 1 unspecified atom stereocenters. The number of benzene rings is 1. The molecule has 26 heavy (non-hydrogen) atoms. The number of ketones is 3. The second-order valence-corrected chi connectivity index (χ2v) is 5.49. The van der Waals surface area contributed by atoms with E-state index in [0.717, 1.165) is 6.42 Å². The van der Waals surface area contributed by atoms with Gasteiger partial charge in [-0.05, 0) is 19.4 Å². The molecule has 1 N–H and O–H groups in total. The fourth-order valence-electron chi connectivity index (χ4n) is 2.71. The average molecular weight is 355 g/mol. The van der Waals surface area contributed by atoms with Gasteiger partial charge in [0.15, 0.2) is 17.3 Å². The molecule has 1 atom stereocenters. The number of carbonyl (C=O) groups is 4. The van der Waals surface area contributed by atoms with Crippen molar-refractivity contribution in [3.8, 4) is 0 Å². The molecule has 138 valence electrons. The van der Waals surface area contributed by atoms with Gasteiger partial charge in [-0.1, -0.05) is 51.1 Å². The summed E-state index contributed by atoms with van der Waals surface area (Å²) in [4.78, 5) is 49.2. The molecule has 1 aliphatic carbocycles. The van der Waals surface area contributed by atoms with E-state index in [1.807, 2.05) is 20.8 Å². The third kappa shape index (κ3) is 4.23. The zero-order chi connectivity index (χ0) is 19.9. The minimum Gasteiger partial charge on any atom is -0.326 e. The molecule has 5 heteroatoms. The lowest BCUT2D eigenvalue weighted by Gasteiger charge is -2.08. The summed E-state index contributed by atoms with van der Waals surface area (Å²) in [5, 5.41) is 2.54. The number of fused-ring (bicyclic) bond motifs is 1. The fourth-order valence-corrected chi connectivity index (χ4v) is 2.71. The lowest BCUT2D eigenvalue weighted by atomic mass is 9.92. The number of rotatable bonds is 5. The first kappa shape index (κ1) is 21.2. The molecule has 1 aliphatic rings. The number of amides is 1. The van der Waals surface area contributed by atoms with E-state index < -0.39 is 23.3 Å². The van der Waals surface area contributed by atoms with E-state index in [1.54, 1.807) is 37.3 Å². The van der Waals surface area contributed by atoms with Crippen molar-refractivity contribution in [2.45, 2.75) is 41.0 Å². The summed E-state index contributed by atoms with van der Waals surface area (Å²) >= 11 is 0. The minimum absolute atomic E-state index is 0.117. The van der Waals surface area contributed by atoms with Gasteiger partial charge in [-0.25, -0.2) is 0 Å². The number of nitrogens with one attached hydrogen (secondary N) is 1. The highest BCUT2D eigenvalue weighted by molar-refractivity contribution is 6.39. The van der Waals surface area contributed by atoms with Crippen molar-refractivity contribution >= 4 is 28.9 Å². The van der Waals surface area contributed by atoms with E-state index in [1.165, 1.54) is 13.0 Å². The Balaban J connectivity index is 0.00000163. The van der Waals surface area contributed by atoms with E-state index in [9.17, 15) is 19.2 Å². The summed E-state index contributed by atoms with van der Waals surface area (Å²) in [6, 6.07) is 4.63. The summed E-state index contributed by atoms with van der Waals surface area (Å²) in [5.41, 5.74) is 0.891. The SMILES string of the molecule is C/C=C(\C=C/CC)C(=O)C1C(=O)c2cccc(NC(C)=O)c2C1=O.CC. The molecule has 5 nitrogen and oxygen atoms in total. The molecule has 0 bridgehead atoms. The Hall–Kier alpha value is -2.82. The average Bonchev–Trinajstić information content (AvgIpc) is 2.88. The Bertz CT molecular complexity index is 787. The zero-order valence-electron chi connectivity index (χ0n) is 15.9.